The lowest BCUT2D eigenvalue weighted by molar-refractivity contribution is -0.138. The summed E-state index contributed by atoms with van der Waals surface area (Å²) in [5, 5.41) is 11.8. The van der Waals surface area contributed by atoms with Gasteiger partial charge in [-0.2, -0.15) is 13.2 Å². The van der Waals surface area contributed by atoms with Gasteiger partial charge in [-0.25, -0.2) is 0 Å². The van der Waals surface area contributed by atoms with Crippen molar-refractivity contribution in [2.45, 2.75) is 63.3 Å². The fourth-order valence-corrected chi connectivity index (χ4v) is 6.14. The van der Waals surface area contributed by atoms with Crippen LogP contribution in [0.15, 0.2) is 42.7 Å². The molecule has 1 N–H and O–H groups in total. The maximum atomic E-state index is 14.3. The van der Waals surface area contributed by atoms with Crippen molar-refractivity contribution in [1.82, 2.24) is 20.1 Å². The second kappa shape index (κ2) is 9.45. The number of ether oxygens (including phenoxy) is 1. The van der Waals surface area contributed by atoms with E-state index in [1.807, 2.05) is 36.7 Å². The molecule has 0 spiro atoms. The number of carbonyl (C=O) groups is 1. The number of nitrogens with zero attached hydrogens (tertiary/aromatic N) is 4. The summed E-state index contributed by atoms with van der Waals surface area (Å²) in [7, 11) is 1.88. The van der Waals surface area contributed by atoms with Gasteiger partial charge in [-0.1, -0.05) is 12.1 Å². The third kappa shape index (κ3) is 4.63. The zero-order valence-corrected chi connectivity index (χ0v) is 22.3. The monoisotopic (exact) mass is 539 g/mol. The molecule has 6 rings (SSSR count). The highest BCUT2D eigenvalue weighted by Gasteiger charge is 2.42. The minimum atomic E-state index is -4.57. The maximum Gasteiger partial charge on any atom is 0.416 e. The summed E-state index contributed by atoms with van der Waals surface area (Å²) < 4.78 is 50.2. The molecule has 1 aliphatic carbocycles. The van der Waals surface area contributed by atoms with Crippen LogP contribution in [0, 0.1) is 5.92 Å². The highest BCUT2D eigenvalue weighted by atomic mass is 19.4. The second-order valence-electron chi connectivity index (χ2n) is 11.4. The zero-order chi connectivity index (χ0) is 27.5. The molecule has 3 heterocycles. The van der Waals surface area contributed by atoms with Gasteiger partial charge in [0.05, 0.1) is 31.2 Å². The first-order valence-electron chi connectivity index (χ1n) is 13.4. The van der Waals surface area contributed by atoms with E-state index in [1.165, 1.54) is 11.0 Å². The van der Waals surface area contributed by atoms with Gasteiger partial charge in [0.1, 0.15) is 12.2 Å². The number of benzene rings is 2. The fourth-order valence-electron chi connectivity index (χ4n) is 6.14. The number of aromatic nitrogens is 3. The number of aryl methyl sites for hydroxylation is 1. The molecule has 2 atom stereocenters. The molecule has 0 unspecified atom stereocenters. The van der Waals surface area contributed by atoms with Crippen LogP contribution in [-0.2, 0) is 24.5 Å². The number of anilines is 1. The Morgan fingerprint density at radius 3 is 2.51 bits per heavy atom. The minimum Gasteiger partial charge on any atom is -0.381 e. The maximum absolute atomic E-state index is 14.3. The van der Waals surface area contributed by atoms with Gasteiger partial charge >= 0.3 is 6.18 Å². The van der Waals surface area contributed by atoms with E-state index >= 15 is 0 Å². The molecule has 1 saturated heterocycles. The minimum absolute atomic E-state index is 0.0287. The molecule has 0 radical (unpaired) electrons. The number of rotatable bonds is 7. The summed E-state index contributed by atoms with van der Waals surface area (Å²) in [5.41, 5.74) is 1.28. The van der Waals surface area contributed by atoms with E-state index in [4.69, 9.17) is 4.74 Å². The molecule has 1 aromatic heterocycles. The Morgan fingerprint density at radius 1 is 1.15 bits per heavy atom. The normalized spacial score (nSPS) is 20.4. The van der Waals surface area contributed by atoms with Crippen molar-refractivity contribution >= 4 is 11.6 Å². The van der Waals surface area contributed by atoms with Crippen molar-refractivity contribution in [3.05, 3.63) is 76.4 Å². The third-order valence-corrected chi connectivity index (χ3v) is 8.59. The van der Waals surface area contributed by atoms with Crippen LogP contribution >= 0.6 is 0 Å². The molecule has 2 fully saturated rings. The highest BCUT2D eigenvalue weighted by Crippen LogP contribution is 2.42. The number of alkyl halides is 3. The average molecular weight is 540 g/mol. The quantitative estimate of drug-likeness (QED) is 0.437. The van der Waals surface area contributed by atoms with Crippen LogP contribution in [0.3, 0.4) is 0 Å². The van der Waals surface area contributed by atoms with Crippen molar-refractivity contribution in [3.8, 4) is 0 Å². The molecule has 3 aromatic rings. The van der Waals surface area contributed by atoms with Gasteiger partial charge in [0.25, 0.3) is 5.91 Å². The summed E-state index contributed by atoms with van der Waals surface area (Å²) in [6.07, 6.45) is 0.147. The lowest BCUT2D eigenvalue weighted by Gasteiger charge is -2.42. The SMILES string of the molecule is C[C@H](NC1(C)CCC1)c1cc2c(c(C(F)(F)F)c1)CN(c1cccc([C@H](c3nncn3C)C3COC3)c1)C2=O. The summed E-state index contributed by atoms with van der Waals surface area (Å²) in [5.74, 6) is 0.449. The Labute approximate surface area is 225 Å². The molecule has 1 saturated carbocycles. The topological polar surface area (TPSA) is 72.3 Å². The van der Waals surface area contributed by atoms with Crippen molar-refractivity contribution in [3.63, 3.8) is 0 Å². The van der Waals surface area contributed by atoms with Crippen LogP contribution in [0.2, 0.25) is 0 Å². The van der Waals surface area contributed by atoms with E-state index in [0.717, 1.165) is 30.7 Å². The number of fused-ring (bicyclic) bond motifs is 1. The van der Waals surface area contributed by atoms with Crippen LogP contribution in [0.25, 0.3) is 0 Å². The van der Waals surface area contributed by atoms with Crippen molar-refractivity contribution < 1.29 is 22.7 Å². The molecule has 39 heavy (non-hydrogen) atoms. The van der Waals surface area contributed by atoms with E-state index in [-0.39, 0.29) is 41.1 Å². The van der Waals surface area contributed by atoms with Crippen LogP contribution in [0.5, 0.6) is 0 Å². The number of nitrogens with one attached hydrogen (secondary N) is 1. The summed E-state index contributed by atoms with van der Waals surface area (Å²) >= 11 is 0. The zero-order valence-electron chi connectivity index (χ0n) is 22.3. The van der Waals surface area contributed by atoms with E-state index in [9.17, 15) is 18.0 Å². The van der Waals surface area contributed by atoms with Crippen LogP contribution in [-0.4, -0.2) is 39.4 Å². The molecule has 7 nitrogen and oxygen atoms in total. The standard InChI is InChI=1S/C29H32F3N5O2/c1-17(34-28(2)8-5-9-28)19-11-22-23(24(12-19)29(30,31)32)13-37(27(22)38)21-7-4-6-18(10-21)25(20-14-39-15-20)26-35-33-16-36(26)3/h4,6-7,10-12,16-17,20,25,34H,5,8-9,13-15H2,1-3H3/t17-,25-/m0/s1. The number of hydrogen-bond donors (Lipinski definition) is 1. The van der Waals surface area contributed by atoms with Gasteiger partial charge in [-0.15, -0.1) is 10.2 Å². The Bertz CT molecular complexity index is 1410. The van der Waals surface area contributed by atoms with Gasteiger partial charge in [0.15, 0.2) is 0 Å². The molecule has 2 aromatic carbocycles. The first-order valence-corrected chi connectivity index (χ1v) is 13.4. The number of halogens is 3. The van der Waals surface area contributed by atoms with Crippen LogP contribution in [0.4, 0.5) is 18.9 Å². The summed E-state index contributed by atoms with van der Waals surface area (Å²) in [4.78, 5) is 15.1. The lowest BCUT2D eigenvalue weighted by Crippen LogP contribution is -2.49. The third-order valence-electron chi connectivity index (χ3n) is 8.59. The molecule has 2 aliphatic heterocycles. The molecule has 1 amide bonds. The Kier molecular flexibility index (Phi) is 6.30. The highest BCUT2D eigenvalue weighted by molar-refractivity contribution is 6.10. The number of hydrogen-bond acceptors (Lipinski definition) is 5. The van der Waals surface area contributed by atoms with Gasteiger partial charge in [-0.3, -0.25) is 4.79 Å². The summed E-state index contributed by atoms with van der Waals surface area (Å²) in [6, 6.07) is 10.00. The number of amides is 1. The van der Waals surface area contributed by atoms with Gasteiger partial charge < -0.3 is 19.5 Å². The first-order chi connectivity index (χ1) is 18.5. The van der Waals surface area contributed by atoms with E-state index in [0.29, 0.717) is 24.5 Å². The van der Waals surface area contributed by atoms with E-state index < -0.39 is 17.6 Å². The Hall–Kier alpha value is -3.24. The van der Waals surface area contributed by atoms with Crippen LogP contribution < -0.4 is 10.2 Å². The molecular formula is C29H32F3N5O2. The molecule has 3 aliphatic rings. The predicted molar refractivity (Wildman–Crippen MR) is 139 cm³/mol. The molecule has 206 valence electrons. The molecule has 0 bridgehead atoms. The van der Waals surface area contributed by atoms with E-state index in [2.05, 4.69) is 22.4 Å². The smallest absolute Gasteiger partial charge is 0.381 e. The van der Waals surface area contributed by atoms with Crippen molar-refractivity contribution in [2.75, 3.05) is 18.1 Å². The van der Waals surface area contributed by atoms with Crippen molar-refractivity contribution in [1.29, 1.82) is 0 Å². The average Bonchev–Trinajstić information content (AvgIpc) is 3.41. The van der Waals surface area contributed by atoms with Crippen molar-refractivity contribution in [2.24, 2.45) is 13.0 Å². The van der Waals surface area contributed by atoms with Gasteiger partial charge in [0.2, 0.25) is 0 Å². The largest absolute Gasteiger partial charge is 0.416 e. The second-order valence-corrected chi connectivity index (χ2v) is 11.4. The van der Waals surface area contributed by atoms with Crippen LogP contribution in [0.1, 0.15) is 83.5 Å². The summed E-state index contributed by atoms with van der Waals surface area (Å²) in [6.45, 7) is 4.99. The Morgan fingerprint density at radius 2 is 1.92 bits per heavy atom. The molecular weight excluding hydrogens is 507 g/mol. The predicted octanol–water partition coefficient (Wildman–Crippen LogP) is 5.37. The lowest BCUT2D eigenvalue weighted by atomic mass is 9.77. The first kappa shape index (κ1) is 26.0. The van der Waals surface area contributed by atoms with Gasteiger partial charge in [-0.05, 0) is 74.1 Å². The van der Waals surface area contributed by atoms with E-state index in [1.54, 1.807) is 18.5 Å². The van der Waals surface area contributed by atoms with Gasteiger partial charge in [0, 0.05) is 35.8 Å². The number of carbonyl (C=O) groups excluding carboxylic acids is 1. The fraction of sp³-hybridized carbons (Fsp3) is 0.483. The Balaban J connectivity index is 1.35. The molecule has 10 heteroatoms.